The number of nitrogens with zero attached hydrogens (tertiary/aromatic N) is 6. The van der Waals surface area contributed by atoms with E-state index in [2.05, 4.69) is 30.7 Å². The molecule has 33 heavy (non-hydrogen) atoms. The fourth-order valence-electron chi connectivity index (χ4n) is 3.30. The maximum Gasteiger partial charge on any atom is 0.433 e. The molecule has 1 amide bonds. The average molecular weight is 481 g/mol. The lowest BCUT2D eigenvalue weighted by molar-refractivity contribution is -0.141. The largest absolute Gasteiger partial charge is 0.433 e. The molecule has 0 radical (unpaired) electrons. The smallest absolute Gasteiger partial charge is 0.350 e. The van der Waals surface area contributed by atoms with E-state index in [4.69, 9.17) is 11.6 Å². The number of nitrogens with one attached hydrogen (secondary N) is 2. The second kappa shape index (κ2) is 8.50. The lowest BCUT2D eigenvalue weighted by Gasteiger charge is -2.32. The Morgan fingerprint density at radius 1 is 1.24 bits per heavy atom. The highest BCUT2D eigenvalue weighted by molar-refractivity contribution is 6.30. The van der Waals surface area contributed by atoms with Crippen LogP contribution in [-0.4, -0.2) is 43.7 Å². The van der Waals surface area contributed by atoms with Gasteiger partial charge in [-0.1, -0.05) is 17.7 Å². The number of aryl methyl sites for hydroxylation is 1. The first-order valence-corrected chi connectivity index (χ1v) is 10.3. The number of pyridine rings is 1. The summed E-state index contributed by atoms with van der Waals surface area (Å²) in [6.45, 7) is 4.11. The molecule has 13 heteroatoms. The van der Waals surface area contributed by atoms with E-state index in [1.807, 2.05) is 0 Å². The maximum atomic E-state index is 12.8. The standard InChI is InChI=1S/C20H20ClF3N8O/c1-10-15-17(31(3)11(2)18(33)29-15)30-19(27-10)25-6-12-7-26-32(8-12)9-13-4-5-14(20(22,23)24)28-16(13)21/h4-5,7-8,11H,6,9H2,1-3H3,(H,29,33)(H,25,27,30)/t11-/m0/s1. The van der Waals surface area contributed by atoms with Crippen LogP contribution in [-0.2, 0) is 24.1 Å². The molecule has 1 aliphatic heterocycles. The summed E-state index contributed by atoms with van der Waals surface area (Å²) in [5, 5.41) is 9.97. The Labute approximate surface area is 192 Å². The number of fused-ring (bicyclic) bond motifs is 1. The van der Waals surface area contributed by atoms with Gasteiger partial charge in [0.1, 0.15) is 22.6 Å². The summed E-state index contributed by atoms with van der Waals surface area (Å²) in [7, 11) is 1.80. The van der Waals surface area contributed by atoms with Crippen molar-refractivity contribution in [2.24, 2.45) is 0 Å². The Kier molecular flexibility index (Phi) is 5.87. The molecular weight excluding hydrogens is 461 g/mol. The van der Waals surface area contributed by atoms with Crippen LogP contribution in [0.3, 0.4) is 0 Å². The van der Waals surface area contributed by atoms with Crippen LogP contribution in [0.1, 0.15) is 29.4 Å². The number of amides is 1. The summed E-state index contributed by atoms with van der Waals surface area (Å²) in [6, 6.07) is 1.82. The third-order valence-electron chi connectivity index (χ3n) is 5.30. The molecule has 0 bridgehead atoms. The number of carbonyl (C=O) groups is 1. The van der Waals surface area contributed by atoms with Crippen LogP contribution in [0.5, 0.6) is 0 Å². The highest BCUT2D eigenvalue weighted by atomic mass is 35.5. The Morgan fingerprint density at radius 2 is 2.00 bits per heavy atom. The Balaban J connectivity index is 1.44. The third kappa shape index (κ3) is 4.70. The number of rotatable bonds is 5. The predicted octanol–water partition coefficient (Wildman–Crippen LogP) is 3.49. The summed E-state index contributed by atoms with van der Waals surface area (Å²) in [4.78, 5) is 26.2. The van der Waals surface area contributed by atoms with Gasteiger partial charge in [0.15, 0.2) is 5.82 Å². The number of hydrogen-bond acceptors (Lipinski definition) is 7. The number of aromatic nitrogens is 5. The lowest BCUT2D eigenvalue weighted by Crippen LogP contribution is -2.44. The predicted molar refractivity (Wildman–Crippen MR) is 116 cm³/mol. The second-order valence-electron chi connectivity index (χ2n) is 7.65. The minimum Gasteiger partial charge on any atom is -0.350 e. The van der Waals surface area contributed by atoms with Crippen LogP contribution < -0.4 is 15.5 Å². The van der Waals surface area contributed by atoms with E-state index in [1.165, 1.54) is 6.07 Å². The molecule has 4 heterocycles. The van der Waals surface area contributed by atoms with Crippen molar-refractivity contribution in [1.29, 1.82) is 0 Å². The molecule has 174 valence electrons. The molecule has 0 saturated carbocycles. The first-order chi connectivity index (χ1) is 15.5. The van der Waals surface area contributed by atoms with Crippen LogP contribution >= 0.6 is 11.6 Å². The van der Waals surface area contributed by atoms with Gasteiger partial charge in [-0.05, 0) is 19.9 Å². The van der Waals surface area contributed by atoms with Gasteiger partial charge in [0.25, 0.3) is 0 Å². The first-order valence-electron chi connectivity index (χ1n) is 9.93. The van der Waals surface area contributed by atoms with Gasteiger partial charge >= 0.3 is 6.18 Å². The Morgan fingerprint density at radius 3 is 2.70 bits per heavy atom. The monoisotopic (exact) mass is 480 g/mol. The molecule has 1 aliphatic rings. The van der Waals surface area contributed by atoms with Gasteiger partial charge < -0.3 is 15.5 Å². The van der Waals surface area contributed by atoms with Crippen LogP contribution in [0.25, 0.3) is 0 Å². The minimum absolute atomic E-state index is 0.117. The molecule has 2 N–H and O–H groups in total. The summed E-state index contributed by atoms with van der Waals surface area (Å²) < 4.78 is 39.8. The van der Waals surface area contributed by atoms with Crippen molar-refractivity contribution >= 4 is 35.0 Å². The third-order valence-corrected chi connectivity index (χ3v) is 5.63. The Bertz CT molecular complexity index is 1210. The van der Waals surface area contributed by atoms with Gasteiger partial charge in [0.2, 0.25) is 11.9 Å². The van der Waals surface area contributed by atoms with Gasteiger partial charge in [-0.15, -0.1) is 0 Å². The highest BCUT2D eigenvalue weighted by Crippen LogP contribution is 2.32. The van der Waals surface area contributed by atoms with E-state index in [9.17, 15) is 18.0 Å². The van der Waals surface area contributed by atoms with Crippen LogP contribution in [0.15, 0.2) is 24.5 Å². The molecule has 0 aliphatic carbocycles. The average Bonchev–Trinajstić information content (AvgIpc) is 3.19. The van der Waals surface area contributed by atoms with Crippen molar-refractivity contribution in [3.05, 3.63) is 52.2 Å². The van der Waals surface area contributed by atoms with Crippen LogP contribution in [0.2, 0.25) is 5.15 Å². The van der Waals surface area contributed by atoms with Crippen molar-refractivity contribution in [1.82, 2.24) is 24.7 Å². The molecule has 0 saturated heterocycles. The van der Waals surface area contributed by atoms with Gasteiger partial charge in [0.05, 0.1) is 18.4 Å². The molecule has 4 rings (SSSR count). The highest BCUT2D eigenvalue weighted by Gasteiger charge is 2.33. The van der Waals surface area contributed by atoms with Gasteiger partial charge in [-0.2, -0.15) is 23.3 Å². The molecule has 9 nitrogen and oxygen atoms in total. The summed E-state index contributed by atoms with van der Waals surface area (Å²) in [6.07, 6.45) is -1.19. The van der Waals surface area contributed by atoms with Crippen molar-refractivity contribution in [3.8, 4) is 0 Å². The number of anilines is 3. The normalized spacial score (nSPS) is 15.9. The first kappa shape index (κ1) is 22.8. The zero-order valence-corrected chi connectivity index (χ0v) is 18.7. The van der Waals surface area contributed by atoms with Crippen molar-refractivity contribution in [3.63, 3.8) is 0 Å². The second-order valence-corrected chi connectivity index (χ2v) is 8.01. The SMILES string of the molecule is Cc1nc(NCc2cnn(Cc3ccc(C(F)(F)F)nc3Cl)c2)nc2c1NC(=O)[C@H](C)N2C. The van der Waals surface area contributed by atoms with Crippen molar-refractivity contribution in [2.75, 3.05) is 22.6 Å². The topological polar surface area (TPSA) is 101 Å². The molecule has 3 aromatic heterocycles. The van der Waals surface area contributed by atoms with E-state index in [1.54, 1.807) is 42.9 Å². The zero-order valence-electron chi connectivity index (χ0n) is 17.9. The van der Waals surface area contributed by atoms with Crippen LogP contribution in [0.4, 0.5) is 30.6 Å². The molecule has 3 aromatic rings. The van der Waals surface area contributed by atoms with Crippen LogP contribution in [0, 0.1) is 6.92 Å². The maximum absolute atomic E-state index is 12.8. The van der Waals surface area contributed by atoms with Gasteiger partial charge in [-0.3, -0.25) is 9.48 Å². The molecule has 1 atom stereocenters. The van der Waals surface area contributed by atoms with E-state index in [0.717, 1.165) is 11.6 Å². The van der Waals surface area contributed by atoms with Crippen molar-refractivity contribution < 1.29 is 18.0 Å². The molecular formula is C20H20ClF3N8O. The Hall–Kier alpha value is -3.41. The lowest BCUT2D eigenvalue weighted by atomic mass is 10.2. The molecule has 0 unspecified atom stereocenters. The van der Waals surface area contributed by atoms with Gasteiger partial charge in [0, 0.05) is 30.9 Å². The number of likely N-dealkylation sites (N-methyl/N-ethyl adjacent to an activating group) is 1. The van der Waals surface area contributed by atoms with E-state index >= 15 is 0 Å². The summed E-state index contributed by atoms with van der Waals surface area (Å²) in [5.74, 6) is 0.898. The quantitative estimate of drug-likeness (QED) is 0.539. The minimum atomic E-state index is -4.55. The fourth-order valence-corrected chi connectivity index (χ4v) is 3.52. The number of alkyl halides is 3. The summed E-state index contributed by atoms with van der Waals surface area (Å²) in [5.41, 5.74) is 1.40. The molecule has 0 aromatic carbocycles. The number of halogens is 4. The van der Waals surface area contributed by atoms with E-state index < -0.39 is 11.9 Å². The zero-order chi connectivity index (χ0) is 23.9. The van der Waals surface area contributed by atoms with Crippen molar-refractivity contribution in [2.45, 2.75) is 39.2 Å². The fraction of sp³-hybridized carbons (Fsp3) is 0.350. The number of carbonyl (C=O) groups excluding carboxylic acids is 1. The van der Waals surface area contributed by atoms with Gasteiger partial charge in [-0.25, -0.2) is 9.97 Å². The van der Waals surface area contributed by atoms with E-state index in [-0.39, 0.29) is 23.6 Å². The molecule has 0 fully saturated rings. The van der Waals surface area contributed by atoms with E-state index in [0.29, 0.717) is 35.3 Å². The summed E-state index contributed by atoms with van der Waals surface area (Å²) >= 11 is 5.93. The number of hydrogen-bond donors (Lipinski definition) is 2. The molecule has 0 spiro atoms.